The summed E-state index contributed by atoms with van der Waals surface area (Å²) in [6, 6.07) is 1.81. The monoisotopic (exact) mass is 277 g/mol. The van der Waals surface area contributed by atoms with Gasteiger partial charge in [-0.3, -0.25) is 10.1 Å². The SMILES string of the molecule is NC(=O)NC(=O)COc1cc(Cl)c(Cl)cc1N. The van der Waals surface area contributed by atoms with Crippen LogP contribution in [-0.4, -0.2) is 18.5 Å². The van der Waals surface area contributed by atoms with Gasteiger partial charge in [0.15, 0.2) is 6.61 Å². The summed E-state index contributed by atoms with van der Waals surface area (Å²) in [4.78, 5) is 21.4. The Hall–Kier alpha value is -1.66. The van der Waals surface area contributed by atoms with Crippen LogP contribution in [0.1, 0.15) is 0 Å². The highest BCUT2D eigenvalue weighted by atomic mass is 35.5. The molecule has 1 rings (SSSR count). The van der Waals surface area contributed by atoms with E-state index in [2.05, 4.69) is 0 Å². The van der Waals surface area contributed by atoms with Gasteiger partial charge in [-0.25, -0.2) is 4.79 Å². The molecule has 0 saturated carbocycles. The van der Waals surface area contributed by atoms with Crippen molar-refractivity contribution in [2.24, 2.45) is 5.73 Å². The van der Waals surface area contributed by atoms with E-state index in [1.807, 2.05) is 5.32 Å². The van der Waals surface area contributed by atoms with Gasteiger partial charge in [0.2, 0.25) is 0 Å². The number of carbonyl (C=O) groups excluding carboxylic acids is 2. The van der Waals surface area contributed by atoms with Gasteiger partial charge in [-0.05, 0) is 6.07 Å². The molecule has 0 radical (unpaired) electrons. The maximum atomic E-state index is 11.1. The molecule has 0 atom stereocenters. The van der Waals surface area contributed by atoms with E-state index in [1.165, 1.54) is 12.1 Å². The number of carbonyl (C=O) groups is 2. The van der Waals surface area contributed by atoms with Crippen molar-refractivity contribution in [2.45, 2.75) is 0 Å². The van der Waals surface area contributed by atoms with Crippen LogP contribution in [0.5, 0.6) is 5.75 Å². The zero-order chi connectivity index (χ0) is 13.0. The Morgan fingerprint density at radius 1 is 1.29 bits per heavy atom. The Kier molecular flexibility index (Phi) is 4.42. The van der Waals surface area contributed by atoms with Crippen molar-refractivity contribution in [1.29, 1.82) is 0 Å². The summed E-state index contributed by atoms with van der Waals surface area (Å²) in [5.74, 6) is -0.498. The molecule has 0 bridgehead atoms. The lowest BCUT2D eigenvalue weighted by atomic mass is 10.3. The highest BCUT2D eigenvalue weighted by molar-refractivity contribution is 6.42. The summed E-state index contributed by atoms with van der Waals surface area (Å²) in [6.07, 6.45) is 0. The smallest absolute Gasteiger partial charge is 0.318 e. The Bertz CT molecular complexity index is 465. The number of nitrogen functional groups attached to an aromatic ring is 1. The Balaban J connectivity index is 2.66. The summed E-state index contributed by atoms with van der Waals surface area (Å²) in [6.45, 7) is -0.412. The number of amides is 3. The first-order valence-electron chi connectivity index (χ1n) is 4.36. The molecule has 0 aliphatic rings. The van der Waals surface area contributed by atoms with E-state index in [0.29, 0.717) is 0 Å². The van der Waals surface area contributed by atoms with Crippen molar-refractivity contribution in [3.05, 3.63) is 22.2 Å². The molecule has 0 fully saturated rings. The summed E-state index contributed by atoms with van der Waals surface area (Å²) < 4.78 is 5.05. The van der Waals surface area contributed by atoms with E-state index in [1.54, 1.807) is 0 Å². The molecule has 1 aromatic carbocycles. The number of imide groups is 1. The molecule has 0 unspecified atom stereocenters. The van der Waals surface area contributed by atoms with E-state index in [4.69, 9.17) is 39.4 Å². The van der Waals surface area contributed by atoms with Crippen molar-refractivity contribution >= 4 is 40.8 Å². The zero-order valence-corrected chi connectivity index (χ0v) is 10.0. The summed E-state index contributed by atoms with van der Waals surface area (Å²) in [7, 11) is 0. The fraction of sp³-hybridized carbons (Fsp3) is 0.111. The van der Waals surface area contributed by atoms with Crippen LogP contribution in [0.25, 0.3) is 0 Å². The minimum absolute atomic E-state index is 0.194. The highest BCUT2D eigenvalue weighted by Crippen LogP contribution is 2.32. The van der Waals surface area contributed by atoms with Gasteiger partial charge in [-0.15, -0.1) is 0 Å². The van der Waals surface area contributed by atoms with Crippen molar-refractivity contribution in [1.82, 2.24) is 5.32 Å². The number of ether oxygens (including phenoxy) is 1. The third-order valence-corrected chi connectivity index (χ3v) is 2.40. The van der Waals surface area contributed by atoms with Crippen molar-refractivity contribution in [3.63, 3.8) is 0 Å². The number of benzene rings is 1. The normalized spacial score (nSPS) is 9.76. The maximum Gasteiger partial charge on any atom is 0.318 e. The maximum absolute atomic E-state index is 11.1. The van der Waals surface area contributed by atoms with Crippen LogP contribution in [0.3, 0.4) is 0 Å². The van der Waals surface area contributed by atoms with Gasteiger partial charge in [0.1, 0.15) is 5.75 Å². The second kappa shape index (κ2) is 5.60. The Labute approximate surface area is 107 Å². The molecule has 0 saturated heterocycles. The van der Waals surface area contributed by atoms with E-state index in [0.717, 1.165) is 0 Å². The first kappa shape index (κ1) is 13.4. The third kappa shape index (κ3) is 4.01. The number of nitrogens with one attached hydrogen (secondary N) is 1. The average Bonchev–Trinajstić information content (AvgIpc) is 2.20. The van der Waals surface area contributed by atoms with Crippen LogP contribution in [-0.2, 0) is 4.79 Å². The molecular formula is C9H9Cl2N3O3. The molecule has 0 heterocycles. The van der Waals surface area contributed by atoms with E-state index in [9.17, 15) is 9.59 Å². The number of anilines is 1. The molecule has 0 aliphatic heterocycles. The van der Waals surface area contributed by atoms with Crippen molar-refractivity contribution in [2.75, 3.05) is 12.3 Å². The average molecular weight is 278 g/mol. The molecule has 3 amide bonds. The van der Waals surface area contributed by atoms with Crippen molar-refractivity contribution < 1.29 is 14.3 Å². The fourth-order valence-electron chi connectivity index (χ4n) is 0.986. The fourth-order valence-corrected chi connectivity index (χ4v) is 1.31. The molecule has 0 spiro atoms. The topological polar surface area (TPSA) is 107 Å². The number of rotatable bonds is 3. The van der Waals surface area contributed by atoms with Gasteiger partial charge in [0.25, 0.3) is 5.91 Å². The van der Waals surface area contributed by atoms with Crippen LogP contribution in [0.4, 0.5) is 10.5 Å². The Morgan fingerprint density at radius 2 is 1.88 bits per heavy atom. The Morgan fingerprint density at radius 3 is 2.47 bits per heavy atom. The van der Waals surface area contributed by atoms with Crippen LogP contribution in [0.15, 0.2) is 12.1 Å². The van der Waals surface area contributed by atoms with Gasteiger partial charge < -0.3 is 16.2 Å². The van der Waals surface area contributed by atoms with E-state index in [-0.39, 0.29) is 21.5 Å². The van der Waals surface area contributed by atoms with Crippen molar-refractivity contribution in [3.8, 4) is 5.75 Å². The first-order chi connectivity index (χ1) is 7.90. The number of nitrogens with two attached hydrogens (primary N) is 2. The number of halogens is 2. The molecule has 0 aromatic heterocycles. The predicted molar refractivity (Wildman–Crippen MR) is 64.1 cm³/mol. The first-order valence-corrected chi connectivity index (χ1v) is 5.12. The molecule has 6 nitrogen and oxygen atoms in total. The molecule has 92 valence electrons. The molecule has 0 aliphatic carbocycles. The van der Waals surface area contributed by atoms with Crippen LogP contribution >= 0.6 is 23.2 Å². The minimum Gasteiger partial charge on any atom is -0.482 e. The van der Waals surface area contributed by atoms with Gasteiger partial charge in [-0.1, -0.05) is 23.2 Å². The van der Waals surface area contributed by atoms with Gasteiger partial charge in [0, 0.05) is 6.07 Å². The van der Waals surface area contributed by atoms with Crippen LogP contribution in [0, 0.1) is 0 Å². The number of hydrogen-bond donors (Lipinski definition) is 3. The zero-order valence-electron chi connectivity index (χ0n) is 8.50. The largest absolute Gasteiger partial charge is 0.482 e. The predicted octanol–water partition coefficient (Wildman–Crippen LogP) is 1.15. The molecule has 1 aromatic rings. The van der Waals surface area contributed by atoms with Crippen LogP contribution < -0.4 is 21.5 Å². The van der Waals surface area contributed by atoms with Crippen LogP contribution in [0.2, 0.25) is 10.0 Å². The van der Waals surface area contributed by atoms with Gasteiger partial charge >= 0.3 is 6.03 Å². The summed E-state index contributed by atoms with van der Waals surface area (Å²) in [5.41, 5.74) is 10.6. The van der Waals surface area contributed by atoms with E-state index < -0.39 is 18.5 Å². The lowest BCUT2D eigenvalue weighted by molar-refractivity contribution is -0.121. The lowest BCUT2D eigenvalue weighted by Crippen LogP contribution is -2.38. The summed E-state index contributed by atoms with van der Waals surface area (Å²) in [5, 5.41) is 2.35. The molecule has 5 N–H and O–H groups in total. The summed E-state index contributed by atoms with van der Waals surface area (Å²) >= 11 is 11.5. The molecule has 17 heavy (non-hydrogen) atoms. The second-order valence-corrected chi connectivity index (χ2v) is 3.82. The number of urea groups is 1. The van der Waals surface area contributed by atoms with Gasteiger partial charge in [-0.2, -0.15) is 0 Å². The highest BCUT2D eigenvalue weighted by Gasteiger charge is 2.09. The number of primary amides is 1. The van der Waals surface area contributed by atoms with E-state index >= 15 is 0 Å². The number of hydrogen-bond acceptors (Lipinski definition) is 4. The third-order valence-electron chi connectivity index (χ3n) is 1.67. The lowest BCUT2D eigenvalue weighted by Gasteiger charge is -2.09. The second-order valence-electron chi connectivity index (χ2n) is 3.01. The standard InChI is InChI=1S/C9H9Cl2N3O3/c10-4-1-6(12)7(2-5(4)11)17-3-8(15)14-9(13)16/h1-2H,3,12H2,(H3,13,14,15,16). The molecule has 8 heteroatoms. The van der Waals surface area contributed by atoms with Gasteiger partial charge in [0.05, 0.1) is 15.7 Å². The quantitative estimate of drug-likeness (QED) is 0.720. The molecular weight excluding hydrogens is 269 g/mol. The minimum atomic E-state index is -0.958.